The van der Waals surface area contributed by atoms with E-state index in [9.17, 15) is 14.4 Å². The summed E-state index contributed by atoms with van der Waals surface area (Å²) in [6.07, 6.45) is 0.385. The van der Waals surface area contributed by atoms with Gasteiger partial charge < -0.3 is 14.5 Å². The van der Waals surface area contributed by atoms with Crippen LogP contribution in [0, 0.1) is 0 Å². The molecule has 1 aliphatic rings. The fourth-order valence-corrected chi connectivity index (χ4v) is 3.07. The van der Waals surface area contributed by atoms with E-state index >= 15 is 0 Å². The second kappa shape index (κ2) is 8.10. The first kappa shape index (κ1) is 20.9. The number of aromatic nitrogens is 2. The largest absolute Gasteiger partial charge is 0.444 e. The van der Waals surface area contributed by atoms with Crippen molar-refractivity contribution >= 4 is 12.0 Å². The van der Waals surface area contributed by atoms with E-state index in [1.165, 1.54) is 16.8 Å². The fourth-order valence-electron chi connectivity index (χ4n) is 3.07. The van der Waals surface area contributed by atoms with Gasteiger partial charge in [-0.3, -0.25) is 9.59 Å². The lowest BCUT2D eigenvalue weighted by Crippen LogP contribution is -2.60. The predicted octanol–water partition coefficient (Wildman–Crippen LogP) is 2.12. The minimum Gasteiger partial charge on any atom is -0.444 e. The number of aryl methyl sites for hydroxylation is 1. The highest BCUT2D eigenvalue weighted by Gasteiger charge is 2.37. The molecule has 27 heavy (non-hydrogen) atoms. The molecule has 1 fully saturated rings. The van der Waals surface area contributed by atoms with Crippen LogP contribution in [0.25, 0.3) is 0 Å². The summed E-state index contributed by atoms with van der Waals surface area (Å²) >= 11 is 0. The fraction of sp³-hybridized carbons (Fsp3) is 0.684. The van der Waals surface area contributed by atoms with E-state index in [0.717, 1.165) is 6.42 Å². The highest BCUT2D eigenvalue weighted by molar-refractivity contribution is 5.92. The van der Waals surface area contributed by atoms with E-state index in [0.29, 0.717) is 19.6 Å². The molecule has 2 atom stereocenters. The third-order valence-electron chi connectivity index (χ3n) is 4.40. The second-order valence-corrected chi connectivity index (χ2v) is 8.07. The quantitative estimate of drug-likeness (QED) is 0.804. The number of hydrogen-bond donors (Lipinski definition) is 0. The first-order valence-corrected chi connectivity index (χ1v) is 9.42. The van der Waals surface area contributed by atoms with Crippen LogP contribution in [0.2, 0.25) is 0 Å². The maximum Gasteiger partial charge on any atom is 0.410 e. The Bertz CT molecular complexity index is 753. The summed E-state index contributed by atoms with van der Waals surface area (Å²) in [5.41, 5.74) is -0.540. The smallest absolute Gasteiger partial charge is 0.410 e. The molecule has 0 saturated carbocycles. The van der Waals surface area contributed by atoms with Gasteiger partial charge in [-0.05, 0) is 47.1 Å². The van der Waals surface area contributed by atoms with Crippen molar-refractivity contribution in [2.24, 2.45) is 0 Å². The van der Waals surface area contributed by atoms with Gasteiger partial charge in [0.15, 0.2) is 0 Å². The molecule has 0 N–H and O–H groups in total. The van der Waals surface area contributed by atoms with Gasteiger partial charge in [-0.1, -0.05) is 6.92 Å². The lowest BCUT2D eigenvalue weighted by molar-refractivity contribution is -0.00805. The lowest BCUT2D eigenvalue weighted by atomic mass is 10.1. The minimum atomic E-state index is -0.566. The zero-order valence-corrected chi connectivity index (χ0v) is 17.1. The predicted molar refractivity (Wildman–Crippen MR) is 102 cm³/mol. The van der Waals surface area contributed by atoms with E-state index in [2.05, 4.69) is 5.10 Å². The Balaban J connectivity index is 2.15. The third kappa shape index (κ3) is 5.08. The van der Waals surface area contributed by atoms with Gasteiger partial charge in [0.1, 0.15) is 11.3 Å². The van der Waals surface area contributed by atoms with E-state index in [1.54, 1.807) is 9.80 Å². The van der Waals surface area contributed by atoms with Gasteiger partial charge in [0.25, 0.3) is 11.5 Å². The number of carbonyl (C=O) groups excluding carboxylic acids is 2. The number of piperazine rings is 1. The van der Waals surface area contributed by atoms with Crippen LogP contribution in [0.4, 0.5) is 4.79 Å². The van der Waals surface area contributed by atoms with Crippen LogP contribution in [0.15, 0.2) is 16.9 Å². The number of rotatable bonds is 3. The van der Waals surface area contributed by atoms with E-state index in [4.69, 9.17) is 4.74 Å². The van der Waals surface area contributed by atoms with E-state index in [-0.39, 0.29) is 35.3 Å². The molecule has 2 heterocycles. The summed E-state index contributed by atoms with van der Waals surface area (Å²) in [6.45, 7) is 12.5. The van der Waals surface area contributed by atoms with Gasteiger partial charge in [0, 0.05) is 37.8 Å². The van der Waals surface area contributed by atoms with Crippen LogP contribution in [-0.4, -0.2) is 62.4 Å². The third-order valence-corrected chi connectivity index (χ3v) is 4.40. The molecule has 8 nitrogen and oxygen atoms in total. The van der Waals surface area contributed by atoms with Gasteiger partial charge in [-0.2, -0.15) is 5.10 Å². The summed E-state index contributed by atoms with van der Waals surface area (Å²) in [5.74, 6) is -0.233. The average Bonchev–Trinajstić information content (AvgIpc) is 2.56. The van der Waals surface area contributed by atoms with Crippen molar-refractivity contribution in [1.29, 1.82) is 0 Å². The Kier molecular flexibility index (Phi) is 6.28. The van der Waals surface area contributed by atoms with E-state index < -0.39 is 5.60 Å². The number of amides is 2. The van der Waals surface area contributed by atoms with Crippen LogP contribution in [0.3, 0.4) is 0 Å². The molecule has 1 aromatic rings. The van der Waals surface area contributed by atoms with Crippen molar-refractivity contribution in [2.75, 3.05) is 13.1 Å². The highest BCUT2D eigenvalue weighted by atomic mass is 16.6. The molecule has 1 aromatic heterocycles. The maximum absolute atomic E-state index is 12.9. The Morgan fingerprint density at radius 3 is 2.33 bits per heavy atom. The molecule has 2 amide bonds. The molecule has 0 aromatic carbocycles. The normalized spacial score (nSPS) is 20.5. The Hall–Kier alpha value is -2.38. The molecule has 0 spiro atoms. The summed E-state index contributed by atoms with van der Waals surface area (Å²) < 4.78 is 6.78. The van der Waals surface area contributed by atoms with Crippen molar-refractivity contribution in [3.63, 3.8) is 0 Å². The minimum absolute atomic E-state index is 0.179. The van der Waals surface area contributed by atoms with Crippen molar-refractivity contribution in [2.45, 2.75) is 72.2 Å². The average molecular weight is 378 g/mol. The number of hydrogen-bond acceptors (Lipinski definition) is 5. The molecule has 8 heteroatoms. The molecule has 0 unspecified atom stereocenters. The summed E-state index contributed by atoms with van der Waals surface area (Å²) in [6, 6.07) is 2.48. The Morgan fingerprint density at radius 2 is 1.74 bits per heavy atom. The van der Waals surface area contributed by atoms with Crippen molar-refractivity contribution in [3.05, 3.63) is 28.2 Å². The molecule has 0 aliphatic carbocycles. The molecule has 1 saturated heterocycles. The molecule has 150 valence electrons. The lowest BCUT2D eigenvalue weighted by Gasteiger charge is -2.44. The molecule has 2 rings (SSSR count). The highest BCUT2D eigenvalue weighted by Crippen LogP contribution is 2.20. The van der Waals surface area contributed by atoms with Crippen LogP contribution >= 0.6 is 0 Å². The zero-order chi connectivity index (χ0) is 20.4. The Morgan fingerprint density at radius 1 is 1.15 bits per heavy atom. The monoisotopic (exact) mass is 378 g/mol. The van der Waals surface area contributed by atoms with E-state index in [1.807, 2.05) is 41.5 Å². The first-order chi connectivity index (χ1) is 12.5. The van der Waals surface area contributed by atoms with Gasteiger partial charge >= 0.3 is 6.09 Å². The standard InChI is InChI=1S/C19H30N4O4/c1-7-10-23-16(24)9-8-15(20-23)17(25)21-11-14(3)22(12-13(21)2)18(26)27-19(4,5)6/h8-9,13-14H,7,10-12H2,1-6H3/t13-,14-/m1/s1. The number of ether oxygens (including phenoxy) is 1. The van der Waals surface area contributed by atoms with Crippen LogP contribution in [-0.2, 0) is 11.3 Å². The van der Waals surface area contributed by atoms with Crippen molar-refractivity contribution < 1.29 is 14.3 Å². The summed E-state index contributed by atoms with van der Waals surface area (Å²) in [4.78, 5) is 40.5. The van der Waals surface area contributed by atoms with Gasteiger partial charge in [0.2, 0.25) is 0 Å². The van der Waals surface area contributed by atoms with Crippen molar-refractivity contribution in [3.8, 4) is 0 Å². The summed E-state index contributed by atoms with van der Waals surface area (Å²) in [5, 5.41) is 4.21. The van der Waals surface area contributed by atoms with Crippen LogP contribution < -0.4 is 5.56 Å². The van der Waals surface area contributed by atoms with Crippen LogP contribution in [0.1, 0.15) is 58.5 Å². The zero-order valence-electron chi connectivity index (χ0n) is 17.1. The second-order valence-electron chi connectivity index (χ2n) is 8.07. The van der Waals surface area contributed by atoms with Gasteiger partial charge in [-0.25, -0.2) is 9.48 Å². The SMILES string of the molecule is CCCn1nc(C(=O)N2C[C@@H](C)N(C(=O)OC(C)(C)C)C[C@H]2C)ccc1=O. The molecule has 1 aliphatic heterocycles. The van der Waals surface area contributed by atoms with Crippen LogP contribution in [0.5, 0.6) is 0 Å². The molecule has 0 bridgehead atoms. The first-order valence-electron chi connectivity index (χ1n) is 9.42. The number of nitrogens with zero attached hydrogens (tertiary/aromatic N) is 4. The number of carbonyl (C=O) groups is 2. The van der Waals surface area contributed by atoms with Gasteiger partial charge in [0.05, 0.1) is 0 Å². The van der Waals surface area contributed by atoms with Crippen molar-refractivity contribution in [1.82, 2.24) is 19.6 Å². The molecule has 0 radical (unpaired) electrons. The molecular formula is C19H30N4O4. The maximum atomic E-state index is 12.9. The summed E-state index contributed by atoms with van der Waals surface area (Å²) in [7, 11) is 0. The molecular weight excluding hydrogens is 348 g/mol. The topological polar surface area (TPSA) is 84.7 Å². The Labute approximate surface area is 160 Å². The van der Waals surface area contributed by atoms with Gasteiger partial charge in [-0.15, -0.1) is 0 Å².